The number of alkyl halides is 3. The third-order valence-electron chi connectivity index (χ3n) is 2.66. The molecule has 102 valence electrons. The first-order valence-corrected chi connectivity index (χ1v) is 5.90. The van der Waals surface area contributed by atoms with Gasteiger partial charge in [-0.1, -0.05) is 25.1 Å². The zero-order valence-electron chi connectivity index (χ0n) is 10.6. The molecule has 2 nitrogen and oxygen atoms in total. The Morgan fingerprint density at radius 1 is 1.28 bits per heavy atom. The number of nitrogens with zero attached hydrogens (tertiary/aromatic N) is 1. The lowest BCUT2D eigenvalue weighted by Crippen LogP contribution is -2.34. The molecule has 0 amide bonds. The van der Waals surface area contributed by atoms with E-state index in [0.717, 1.165) is 0 Å². The third-order valence-corrected chi connectivity index (χ3v) is 2.66. The van der Waals surface area contributed by atoms with Crippen molar-refractivity contribution in [2.24, 2.45) is 0 Å². The SMILES string of the molecule is CCCN(Cc1cccc(C)c1O)CC(F)(F)F. The highest BCUT2D eigenvalue weighted by Gasteiger charge is 2.30. The van der Waals surface area contributed by atoms with Crippen LogP contribution in [-0.4, -0.2) is 29.3 Å². The van der Waals surface area contributed by atoms with Gasteiger partial charge in [-0.15, -0.1) is 0 Å². The molecule has 5 heteroatoms. The average molecular weight is 261 g/mol. The van der Waals surface area contributed by atoms with Gasteiger partial charge in [0.1, 0.15) is 5.75 Å². The van der Waals surface area contributed by atoms with Crippen LogP contribution in [0.25, 0.3) is 0 Å². The summed E-state index contributed by atoms with van der Waals surface area (Å²) in [5.74, 6) is 0.0841. The Morgan fingerprint density at radius 3 is 2.50 bits per heavy atom. The molecule has 0 spiro atoms. The molecule has 1 aromatic carbocycles. The first-order chi connectivity index (χ1) is 8.33. The summed E-state index contributed by atoms with van der Waals surface area (Å²) < 4.78 is 37.2. The van der Waals surface area contributed by atoms with Crippen molar-refractivity contribution in [3.05, 3.63) is 29.3 Å². The van der Waals surface area contributed by atoms with Gasteiger partial charge >= 0.3 is 6.18 Å². The third kappa shape index (κ3) is 4.56. The van der Waals surface area contributed by atoms with Crippen molar-refractivity contribution in [2.75, 3.05) is 13.1 Å². The van der Waals surface area contributed by atoms with Gasteiger partial charge in [-0.25, -0.2) is 0 Å². The van der Waals surface area contributed by atoms with Gasteiger partial charge in [0, 0.05) is 12.1 Å². The zero-order chi connectivity index (χ0) is 13.8. The number of para-hydroxylation sites is 1. The molecule has 0 heterocycles. The maximum atomic E-state index is 12.4. The number of rotatable bonds is 5. The number of halogens is 3. The van der Waals surface area contributed by atoms with Crippen LogP contribution in [-0.2, 0) is 6.54 Å². The van der Waals surface area contributed by atoms with Crippen molar-refractivity contribution in [1.29, 1.82) is 0 Å². The van der Waals surface area contributed by atoms with Gasteiger partial charge in [0.2, 0.25) is 0 Å². The highest BCUT2D eigenvalue weighted by molar-refractivity contribution is 5.39. The molecule has 18 heavy (non-hydrogen) atoms. The van der Waals surface area contributed by atoms with Crippen LogP contribution in [0.2, 0.25) is 0 Å². The Morgan fingerprint density at radius 2 is 1.94 bits per heavy atom. The van der Waals surface area contributed by atoms with E-state index in [1.54, 1.807) is 25.1 Å². The molecule has 1 rings (SSSR count). The Labute approximate surface area is 105 Å². The van der Waals surface area contributed by atoms with E-state index in [1.165, 1.54) is 4.90 Å². The van der Waals surface area contributed by atoms with Crippen LogP contribution in [0.15, 0.2) is 18.2 Å². The molecule has 0 fully saturated rings. The van der Waals surface area contributed by atoms with Gasteiger partial charge in [-0.3, -0.25) is 4.90 Å². The summed E-state index contributed by atoms with van der Waals surface area (Å²) in [6.07, 6.45) is -3.57. The number of phenolic OH excluding ortho intramolecular Hbond substituents is 1. The average Bonchev–Trinajstić information content (AvgIpc) is 2.23. The van der Waals surface area contributed by atoms with Crippen LogP contribution < -0.4 is 0 Å². The van der Waals surface area contributed by atoms with Gasteiger partial charge in [0.15, 0.2) is 0 Å². The Balaban J connectivity index is 2.80. The number of aromatic hydroxyl groups is 1. The topological polar surface area (TPSA) is 23.5 Å². The Bertz CT molecular complexity index is 390. The highest BCUT2D eigenvalue weighted by Crippen LogP contribution is 2.24. The van der Waals surface area contributed by atoms with Crippen LogP contribution in [0.1, 0.15) is 24.5 Å². The quantitative estimate of drug-likeness (QED) is 0.877. The lowest BCUT2D eigenvalue weighted by molar-refractivity contribution is -0.147. The van der Waals surface area contributed by atoms with Crippen molar-refractivity contribution in [1.82, 2.24) is 4.90 Å². The van der Waals surface area contributed by atoms with E-state index in [1.807, 2.05) is 6.92 Å². The van der Waals surface area contributed by atoms with Crippen molar-refractivity contribution in [2.45, 2.75) is 33.0 Å². The number of phenols is 1. The van der Waals surface area contributed by atoms with E-state index in [0.29, 0.717) is 24.1 Å². The normalized spacial score (nSPS) is 12.1. The lowest BCUT2D eigenvalue weighted by atomic mass is 10.1. The molecular formula is C13H18F3NO. The van der Waals surface area contributed by atoms with Crippen molar-refractivity contribution < 1.29 is 18.3 Å². The number of benzene rings is 1. The molecule has 0 aromatic heterocycles. The van der Waals surface area contributed by atoms with E-state index < -0.39 is 12.7 Å². The summed E-state index contributed by atoms with van der Waals surface area (Å²) in [5.41, 5.74) is 1.21. The maximum Gasteiger partial charge on any atom is 0.401 e. The monoisotopic (exact) mass is 261 g/mol. The van der Waals surface area contributed by atoms with E-state index in [2.05, 4.69) is 0 Å². The number of hydrogen-bond donors (Lipinski definition) is 1. The summed E-state index contributed by atoms with van der Waals surface area (Å²) in [6, 6.07) is 5.12. The molecule has 1 aromatic rings. The molecule has 0 aliphatic heterocycles. The first kappa shape index (κ1) is 14.8. The summed E-state index contributed by atoms with van der Waals surface area (Å²) in [5, 5.41) is 9.81. The first-order valence-electron chi connectivity index (χ1n) is 5.90. The van der Waals surface area contributed by atoms with Crippen molar-refractivity contribution >= 4 is 0 Å². The molecule has 0 saturated carbocycles. The summed E-state index contributed by atoms with van der Waals surface area (Å²) >= 11 is 0. The second-order valence-electron chi connectivity index (χ2n) is 4.41. The minimum atomic E-state index is -4.21. The minimum Gasteiger partial charge on any atom is -0.507 e. The molecule has 0 aliphatic rings. The molecule has 0 aliphatic carbocycles. The predicted octanol–water partition coefficient (Wildman–Crippen LogP) is 3.47. The zero-order valence-corrected chi connectivity index (χ0v) is 10.6. The maximum absolute atomic E-state index is 12.4. The minimum absolute atomic E-state index is 0.0841. The second kappa shape index (κ2) is 6.09. The van der Waals surface area contributed by atoms with E-state index >= 15 is 0 Å². The summed E-state index contributed by atoms with van der Waals surface area (Å²) in [6.45, 7) is 3.08. The van der Waals surface area contributed by atoms with Crippen LogP contribution in [0.4, 0.5) is 13.2 Å². The molecule has 0 atom stereocenters. The molecule has 0 radical (unpaired) electrons. The largest absolute Gasteiger partial charge is 0.507 e. The molecule has 1 N–H and O–H groups in total. The standard InChI is InChI=1S/C13H18F3NO/c1-3-7-17(9-13(14,15)16)8-11-6-4-5-10(2)12(11)18/h4-6,18H,3,7-9H2,1-2H3. The van der Waals surface area contributed by atoms with E-state index in [9.17, 15) is 18.3 Å². The van der Waals surface area contributed by atoms with Gasteiger partial charge in [-0.2, -0.15) is 13.2 Å². The summed E-state index contributed by atoms with van der Waals surface area (Å²) in [7, 11) is 0. The number of aryl methyl sites for hydroxylation is 1. The number of hydrogen-bond acceptors (Lipinski definition) is 2. The fourth-order valence-corrected chi connectivity index (χ4v) is 1.87. The Kier molecular flexibility index (Phi) is 5.02. The summed E-state index contributed by atoms with van der Waals surface area (Å²) in [4.78, 5) is 1.30. The predicted molar refractivity (Wildman–Crippen MR) is 64.5 cm³/mol. The molecule has 0 unspecified atom stereocenters. The van der Waals surface area contributed by atoms with Gasteiger partial charge < -0.3 is 5.11 Å². The highest BCUT2D eigenvalue weighted by atomic mass is 19.4. The molecule has 0 bridgehead atoms. The Hall–Kier alpha value is -1.23. The van der Waals surface area contributed by atoms with E-state index in [-0.39, 0.29) is 12.3 Å². The fourth-order valence-electron chi connectivity index (χ4n) is 1.87. The molecular weight excluding hydrogens is 243 g/mol. The van der Waals surface area contributed by atoms with Gasteiger partial charge in [-0.05, 0) is 25.5 Å². The smallest absolute Gasteiger partial charge is 0.401 e. The van der Waals surface area contributed by atoms with Gasteiger partial charge in [0.05, 0.1) is 6.54 Å². The second-order valence-corrected chi connectivity index (χ2v) is 4.41. The van der Waals surface area contributed by atoms with Crippen molar-refractivity contribution in [3.63, 3.8) is 0 Å². The van der Waals surface area contributed by atoms with Crippen LogP contribution in [0.3, 0.4) is 0 Å². The van der Waals surface area contributed by atoms with Crippen LogP contribution >= 0.6 is 0 Å². The van der Waals surface area contributed by atoms with Crippen molar-refractivity contribution in [3.8, 4) is 5.75 Å². The van der Waals surface area contributed by atoms with Crippen LogP contribution in [0, 0.1) is 6.92 Å². The van der Waals surface area contributed by atoms with E-state index in [4.69, 9.17) is 0 Å². The molecule has 0 saturated heterocycles. The fraction of sp³-hybridized carbons (Fsp3) is 0.538. The van der Waals surface area contributed by atoms with Gasteiger partial charge in [0.25, 0.3) is 0 Å². The van der Waals surface area contributed by atoms with Crippen LogP contribution in [0.5, 0.6) is 5.75 Å². The lowest BCUT2D eigenvalue weighted by Gasteiger charge is -2.23.